The van der Waals surface area contributed by atoms with Crippen molar-refractivity contribution >= 4 is 5.82 Å². The zero-order valence-corrected chi connectivity index (χ0v) is 16.7. The van der Waals surface area contributed by atoms with E-state index in [1.54, 1.807) is 0 Å². The van der Waals surface area contributed by atoms with E-state index in [9.17, 15) is 0 Å². The van der Waals surface area contributed by atoms with Crippen LogP contribution < -0.4 is 10.6 Å². The first kappa shape index (κ1) is 18.1. The van der Waals surface area contributed by atoms with Crippen LogP contribution in [-0.2, 0) is 0 Å². The number of likely N-dealkylation sites (tertiary alicyclic amines) is 1. The summed E-state index contributed by atoms with van der Waals surface area (Å²) in [6.07, 6.45) is 11.5. The van der Waals surface area contributed by atoms with Crippen LogP contribution >= 0.6 is 0 Å². The molecular weight excluding hydrogens is 348 g/mol. The maximum atomic E-state index is 4.73. The number of aromatic nitrogens is 3. The third-order valence-electron chi connectivity index (χ3n) is 6.53. The van der Waals surface area contributed by atoms with Crippen LogP contribution in [0.3, 0.4) is 0 Å². The number of aromatic amines is 1. The molecule has 0 bridgehead atoms. The second-order valence-corrected chi connectivity index (χ2v) is 8.67. The van der Waals surface area contributed by atoms with Gasteiger partial charge in [-0.25, -0.2) is 9.97 Å². The average Bonchev–Trinajstić information content (AvgIpc) is 3.15. The van der Waals surface area contributed by atoms with Gasteiger partial charge in [0.1, 0.15) is 11.5 Å². The van der Waals surface area contributed by atoms with Gasteiger partial charge in [-0.2, -0.15) is 0 Å². The quantitative estimate of drug-likeness (QED) is 0.613. The number of pyridine rings is 1. The monoisotopic (exact) mass is 380 g/mol. The molecule has 2 saturated carbocycles. The van der Waals surface area contributed by atoms with Gasteiger partial charge < -0.3 is 15.6 Å². The van der Waals surface area contributed by atoms with Gasteiger partial charge in [0.2, 0.25) is 0 Å². The summed E-state index contributed by atoms with van der Waals surface area (Å²) in [5.74, 6) is 2.48. The second-order valence-electron chi connectivity index (χ2n) is 8.67. The number of rotatable bonds is 8. The van der Waals surface area contributed by atoms with Gasteiger partial charge in [-0.05, 0) is 44.2 Å². The van der Waals surface area contributed by atoms with Crippen molar-refractivity contribution in [3.05, 3.63) is 30.1 Å². The molecule has 3 N–H and O–H groups in total. The van der Waals surface area contributed by atoms with Crippen LogP contribution in [0, 0.1) is 0 Å². The molecule has 1 unspecified atom stereocenters. The molecule has 1 aliphatic heterocycles. The molecule has 2 aliphatic carbocycles. The lowest BCUT2D eigenvalue weighted by molar-refractivity contribution is 0.240. The molecule has 28 heavy (non-hydrogen) atoms. The van der Waals surface area contributed by atoms with Crippen molar-refractivity contribution in [2.45, 2.75) is 62.9 Å². The Kier molecular flexibility index (Phi) is 5.32. The molecule has 3 aliphatic rings. The van der Waals surface area contributed by atoms with Crippen molar-refractivity contribution in [2.24, 2.45) is 0 Å². The van der Waals surface area contributed by atoms with E-state index in [0.29, 0.717) is 12.0 Å². The highest BCUT2D eigenvalue weighted by Crippen LogP contribution is 2.39. The molecule has 1 saturated heterocycles. The Morgan fingerprint density at radius 1 is 1.07 bits per heavy atom. The van der Waals surface area contributed by atoms with Crippen molar-refractivity contribution in [1.82, 2.24) is 25.2 Å². The van der Waals surface area contributed by atoms with Crippen molar-refractivity contribution in [3.8, 4) is 11.5 Å². The average molecular weight is 381 g/mol. The zero-order valence-electron chi connectivity index (χ0n) is 16.7. The molecule has 0 amide bonds. The van der Waals surface area contributed by atoms with Gasteiger partial charge in [-0.3, -0.25) is 4.90 Å². The maximum absolute atomic E-state index is 4.73. The minimum atomic E-state index is 0.644. The summed E-state index contributed by atoms with van der Waals surface area (Å²) in [7, 11) is 0. The second kappa shape index (κ2) is 8.21. The highest BCUT2D eigenvalue weighted by molar-refractivity contribution is 5.53. The first-order valence-corrected chi connectivity index (χ1v) is 11.1. The Bertz CT molecular complexity index is 777. The summed E-state index contributed by atoms with van der Waals surface area (Å²) >= 11 is 0. The number of H-pyrrole nitrogens is 1. The van der Waals surface area contributed by atoms with E-state index in [1.165, 1.54) is 63.7 Å². The molecule has 3 fully saturated rings. The number of hydrogen-bond acceptors (Lipinski definition) is 5. The van der Waals surface area contributed by atoms with Gasteiger partial charge >= 0.3 is 0 Å². The molecular formula is C22H32N6. The number of anilines is 1. The highest BCUT2D eigenvalue weighted by Gasteiger charge is 2.29. The Morgan fingerprint density at radius 3 is 2.82 bits per heavy atom. The van der Waals surface area contributed by atoms with E-state index in [-0.39, 0.29) is 0 Å². The lowest BCUT2D eigenvalue weighted by Crippen LogP contribution is -2.38. The van der Waals surface area contributed by atoms with E-state index in [4.69, 9.17) is 4.98 Å². The van der Waals surface area contributed by atoms with E-state index in [1.807, 2.05) is 24.4 Å². The van der Waals surface area contributed by atoms with Gasteiger partial charge in [0.25, 0.3) is 0 Å². The minimum absolute atomic E-state index is 0.644. The van der Waals surface area contributed by atoms with Gasteiger partial charge in [0.15, 0.2) is 5.82 Å². The molecule has 1 atom stereocenters. The molecule has 6 heteroatoms. The van der Waals surface area contributed by atoms with Gasteiger partial charge in [-0.1, -0.05) is 18.9 Å². The first-order valence-electron chi connectivity index (χ1n) is 11.1. The van der Waals surface area contributed by atoms with Crippen LogP contribution in [-0.4, -0.2) is 58.1 Å². The fourth-order valence-corrected chi connectivity index (χ4v) is 4.75. The smallest absolute Gasteiger partial charge is 0.156 e. The van der Waals surface area contributed by atoms with Crippen molar-refractivity contribution in [2.75, 3.05) is 31.5 Å². The third-order valence-corrected chi connectivity index (χ3v) is 6.53. The largest absolute Gasteiger partial charge is 0.369 e. The Hall–Kier alpha value is -1.92. The summed E-state index contributed by atoms with van der Waals surface area (Å²) in [6.45, 7) is 4.36. The maximum Gasteiger partial charge on any atom is 0.156 e. The van der Waals surface area contributed by atoms with Crippen LogP contribution in [0.1, 0.15) is 56.6 Å². The molecule has 2 aromatic heterocycles. The fraction of sp³-hybridized carbons (Fsp3) is 0.636. The minimum Gasteiger partial charge on any atom is -0.369 e. The Balaban J connectivity index is 1.07. The topological polar surface area (TPSA) is 68.9 Å². The van der Waals surface area contributed by atoms with Crippen molar-refractivity contribution < 1.29 is 0 Å². The van der Waals surface area contributed by atoms with Gasteiger partial charge in [0, 0.05) is 56.1 Å². The summed E-state index contributed by atoms with van der Waals surface area (Å²) in [5, 5.41) is 7.18. The summed E-state index contributed by atoms with van der Waals surface area (Å²) < 4.78 is 0. The summed E-state index contributed by atoms with van der Waals surface area (Å²) in [5.41, 5.74) is 2.16. The standard InChI is InChI=1S/C22H32N6/c1-2-5-18(4-1)28-13-10-17(15-28)23-11-12-24-21-7-3-6-19(26-21)22-25-14-20(27-22)16-8-9-16/h3,6-7,14,16-18,23H,1-2,4-5,8-13,15H2,(H,24,26)(H,25,27). The Morgan fingerprint density at radius 2 is 1.96 bits per heavy atom. The van der Waals surface area contributed by atoms with E-state index in [0.717, 1.165) is 36.5 Å². The van der Waals surface area contributed by atoms with E-state index in [2.05, 4.69) is 25.5 Å². The molecule has 3 heterocycles. The van der Waals surface area contributed by atoms with E-state index >= 15 is 0 Å². The lowest BCUT2D eigenvalue weighted by Gasteiger charge is -2.23. The molecule has 0 spiro atoms. The van der Waals surface area contributed by atoms with Crippen LogP contribution in [0.15, 0.2) is 24.4 Å². The van der Waals surface area contributed by atoms with Gasteiger partial charge in [-0.15, -0.1) is 0 Å². The molecule has 0 radical (unpaired) electrons. The molecule has 150 valence electrons. The lowest BCUT2D eigenvalue weighted by atomic mass is 10.2. The normalized spacial score (nSPS) is 23.5. The molecule has 5 rings (SSSR count). The van der Waals surface area contributed by atoms with Crippen LogP contribution in [0.25, 0.3) is 11.5 Å². The van der Waals surface area contributed by atoms with Crippen molar-refractivity contribution in [1.29, 1.82) is 0 Å². The molecule has 0 aromatic carbocycles. The fourth-order valence-electron chi connectivity index (χ4n) is 4.75. The number of nitrogens with zero attached hydrogens (tertiary/aromatic N) is 3. The Labute approximate surface area is 167 Å². The first-order chi connectivity index (χ1) is 13.8. The number of imidazole rings is 1. The van der Waals surface area contributed by atoms with Crippen molar-refractivity contribution in [3.63, 3.8) is 0 Å². The summed E-state index contributed by atoms with van der Waals surface area (Å²) in [6, 6.07) is 7.61. The zero-order chi connectivity index (χ0) is 18.8. The van der Waals surface area contributed by atoms with E-state index < -0.39 is 0 Å². The predicted octanol–water partition coefficient (Wildman–Crippen LogP) is 3.37. The molecule has 2 aromatic rings. The predicted molar refractivity (Wildman–Crippen MR) is 113 cm³/mol. The van der Waals surface area contributed by atoms with Crippen LogP contribution in [0.2, 0.25) is 0 Å². The SMILES string of the molecule is c1cc(NCCNC2CCN(C3CCCC3)C2)nc(-c2ncc(C3CC3)[nH]2)c1. The van der Waals surface area contributed by atoms with Crippen LogP contribution in [0.4, 0.5) is 5.82 Å². The highest BCUT2D eigenvalue weighted by atomic mass is 15.2. The summed E-state index contributed by atoms with van der Waals surface area (Å²) in [4.78, 5) is 15.4. The van der Waals surface area contributed by atoms with Crippen LogP contribution in [0.5, 0.6) is 0 Å². The number of hydrogen-bond donors (Lipinski definition) is 3. The molecule has 6 nitrogen and oxygen atoms in total. The number of nitrogens with one attached hydrogen (secondary N) is 3. The van der Waals surface area contributed by atoms with Gasteiger partial charge in [0.05, 0.1) is 0 Å². The third kappa shape index (κ3) is 4.23.